The molecule has 2 aliphatic carbocycles. The summed E-state index contributed by atoms with van der Waals surface area (Å²) in [7, 11) is 0. The Balaban J connectivity index is 1.29. The molecule has 3 aliphatic rings. The van der Waals surface area contributed by atoms with Crippen molar-refractivity contribution in [3.05, 3.63) is 63.9 Å². The van der Waals surface area contributed by atoms with Gasteiger partial charge in [0, 0.05) is 5.02 Å². The average Bonchev–Trinajstić information content (AvgIpc) is 3.34. The number of fused-ring (bicyclic) bond motifs is 2. The number of benzene rings is 1. The second-order valence-corrected chi connectivity index (χ2v) is 19.5. The molecule has 172 valence electrons. The van der Waals surface area contributed by atoms with Gasteiger partial charge in [-0.1, -0.05) is 23.7 Å². The summed E-state index contributed by atoms with van der Waals surface area (Å²) >= 11 is 8.19. The van der Waals surface area contributed by atoms with Crippen LogP contribution in [-0.4, -0.2) is 54.1 Å². The first kappa shape index (κ1) is 24.4. The van der Waals surface area contributed by atoms with Crippen molar-refractivity contribution in [1.29, 1.82) is 0 Å². The molecule has 0 radical (unpaired) electrons. The molecule has 2 saturated carbocycles. The van der Waals surface area contributed by atoms with Crippen molar-refractivity contribution in [2.45, 2.75) is 58.9 Å². The fourth-order valence-electron chi connectivity index (χ4n) is 6.15. The maximum atomic E-state index is 14.6. The summed E-state index contributed by atoms with van der Waals surface area (Å²) in [6, 6.07) is 10.3. The van der Waals surface area contributed by atoms with Crippen LogP contribution in [-0.2, 0) is 25.5 Å². The summed E-state index contributed by atoms with van der Waals surface area (Å²) in [5.74, 6) is 0.755. The molecule has 2 aromatic rings. The van der Waals surface area contributed by atoms with Gasteiger partial charge in [-0.3, -0.25) is 0 Å². The molecule has 0 spiro atoms. The Labute approximate surface area is 229 Å². The van der Waals surface area contributed by atoms with Gasteiger partial charge in [-0.15, -0.1) is 0 Å². The summed E-state index contributed by atoms with van der Waals surface area (Å²) in [5, 5.41) is 4.45. The van der Waals surface area contributed by atoms with E-state index >= 15 is 0 Å². The van der Waals surface area contributed by atoms with Crippen LogP contribution in [0.2, 0.25) is 5.02 Å². The number of pyridine rings is 1. The normalized spacial score (nSPS) is 28.2. The zero-order chi connectivity index (χ0) is 23.2. The number of halogens is 3. The van der Waals surface area contributed by atoms with Crippen molar-refractivity contribution in [1.82, 2.24) is 15.2 Å². The minimum absolute atomic E-state index is 0.178. The average molecular weight is 771 g/mol. The van der Waals surface area contributed by atoms with Gasteiger partial charge in [0.05, 0.1) is 0 Å². The number of alkyl halides is 2. The molecule has 33 heavy (non-hydrogen) atoms. The van der Waals surface area contributed by atoms with Gasteiger partial charge >= 0.3 is 185 Å². The zero-order valence-corrected chi connectivity index (χ0v) is 25.9. The SMILES string of the molecule is O=C(N1CCc2ncc([C](F)(I)[Tl])cc2C1)C12CCCC1CC(NCc1cccc(Cl)c1)C2. The monoisotopic (exact) mass is 771 g/mol. The quantitative estimate of drug-likeness (QED) is 0.264. The Morgan fingerprint density at radius 3 is 3.06 bits per heavy atom. The second-order valence-electron chi connectivity index (χ2n) is 9.82. The standard InChI is InChI=1S/C25H27ClFIN3O.Tl/c26-20-5-1-3-16(9-20)13-29-21-11-19-4-2-7-25(19,12-21)24(32)31-8-6-22-18(15-31)10-17(14-30-22)23(27)28;/h1,3,5,9-10,14,19,21,29H,2,4,6-8,11-13,15H2;. The molecule has 5 rings (SSSR count). The predicted molar refractivity (Wildman–Crippen MR) is 137 cm³/mol. The fraction of sp³-hybridized carbons (Fsp3) is 0.520. The summed E-state index contributed by atoms with van der Waals surface area (Å²) in [4.78, 5) is 20.5. The Hall–Kier alpha value is -0.328. The molecule has 8 heteroatoms. The van der Waals surface area contributed by atoms with Crippen LogP contribution in [0.15, 0.2) is 36.5 Å². The molecule has 2 fully saturated rings. The van der Waals surface area contributed by atoms with Gasteiger partial charge in [0.2, 0.25) is 0 Å². The van der Waals surface area contributed by atoms with E-state index in [9.17, 15) is 9.18 Å². The third-order valence-electron chi connectivity index (χ3n) is 7.76. The zero-order valence-electron chi connectivity index (χ0n) is 18.5. The van der Waals surface area contributed by atoms with E-state index in [4.69, 9.17) is 11.6 Å². The molecule has 0 saturated heterocycles. The number of hydrogen-bond acceptors (Lipinski definition) is 3. The van der Waals surface area contributed by atoms with Crippen molar-refractivity contribution in [2.24, 2.45) is 11.3 Å². The Morgan fingerprint density at radius 1 is 1.42 bits per heavy atom. The molecule has 1 N–H and O–H groups in total. The van der Waals surface area contributed by atoms with Crippen molar-refractivity contribution in [2.75, 3.05) is 6.54 Å². The van der Waals surface area contributed by atoms with Crippen LogP contribution >= 0.6 is 34.2 Å². The van der Waals surface area contributed by atoms with Crippen LogP contribution in [0.1, 0.15) is 54.5 Å². The van der Waals surface area contributed by atoms with Crippen LogP contribution in [0.3, 0.4) is 0 Å². The van der Waals surface area contributed by atoms with Gasteiger partial charge < -0.3 is 0 Å². The van der Waals surface area contributed by atoms with Gasteiger partial charge in [0.15, 0.2) is 0 Å². The van der Waals surface area contributed by atoms with Gasteiger partial charge in [-0.25, -0.2) is 0 Å². The molecule has 4 unspecified atom stereocenters. The van der Waals surface area contributed by atoms with Crippen molar-refractivity contribution >= 4 is 65.9 Å². The molecular formula is C25H27ClFIN3OTl. The summed E-state index contributed by atoms with van der Waals surface area (Å²) in [6.45, 7) is 2.04. The van der Waals surface area contributed by atoms with Crippen LogP contribution < -0.4 is 5.32 Å². The molecule has 4 nitrogen and oxygen atoms in total. The van der Waals surface area contributed by atoms with Gasteiger partial charge in [0.25, 0.3) is 0 Å². The summed E-state index contributed by atoms with van der Waals surface area (Å²) in [5.41, 5.74) is 3.60. The van der Waals surface area contributed by atoms with Crippen molar-refractivity contribution < 1.29 is 9.18 Å². The number of rotatable bonds is 5. The summed E-state index contributed by atoms with van der Waals surface area (Å²) in [6.07, 6.45) is 7.65. The number of amides is 1. The van der Waals surface area contributed by atoms with E-state index in [0.717, 1.165) is 61.3 Å². The van der Waals surface area contributed by atoms with Crippen LogP contribution in [0.5, 0.6) is 0 Å². The number of nitrogens with zero attached hydrogens (tertiary/aromatic N) is 2. The van der Waals surface area contributed by atoms with Crippen LogP contribution in [0.25, 0.3) is 0 Å². The van der Waals surface area contributed by atoms with E-state index in [1.165, 1.54) is 5.56 Å². The number of carbonyl (C=O) groups is 1. The second kappa shape index (κ2) is 9.61. The molecule has 1 aromatic heterocycles. The van der Waals surface area contributed by atoms with Crippen LogP contribution in [0.4, 0.5) is 4.39 Å². The van der Waals surface area contributed by atoms with E-state index in [0.29, 0.717) is 36.5 Å². The summed E-state index contributed by atoms with van der Waals surface area (Å²) < 4.78 is 13.3. The van der Waals surface area contributed by atoms with E-state index in [1.807, 2.05) is 51.8 Å². The van der Waals surface area contributed by atoms with Crippen molar-refractivity contribution in [3.63, 3.8) is 0 Å². The van der Waals surface area contributed by atoms with Gasteiger partial charge in [-0.05, 0) is 17.7 Å². The first-order valence-electron chi connectivity index (χ1n) is 11.7. The Morgan fingerprint density at radius 2 is 2.27 bits per heavy atom. The number of nitrogens with one attached hydrogen (secondary N) is 1. The predicted octanol–water partition coefficient (Wildman–Crippen LogP) is 5.04. The van der Waals surface area contributed by atoms with Gasteiger partial charge in [0.1, 0.15) is 0 Å². The Bertz CT molecular complexity index is 1060. The molecule has 1 aromatic carbocycles. The van der Waals surface area contributed by atoms with Crippen molar-refractivity contribution in [3.8, 4) is 0 Å². The fourth-order valence-corrected chi connectivity index (χ4v) is 7.27. The molecular weight excluding hydrogens is 744 g/mol. The third-order valence-corrected chi connectivity index (χ3v) is 9.91. The third kappa shape index (κ3) is 5.00. The molecule has 1 amide bonds. The molecule has 2 heterocycles. The number of carbonyl (C=O) groups excluding carboxylic acids is 1. The van der Waals surface area contributed by atoms with Crippen LogP contribution in [0, 0.1) is 11.3 Å². The van der Waals surface area contributed by atoms with E-state index in [2.05, 4.69) is 16.4 Å². The Kier molecular flexibility index (Phi) is 7.10. The number of hydrogen-bond donors (Lipinski definition) is 1. The van der Waals surface area contributed by atoms with E-state index in [-0.39, 0.29) is 31.2 Å². The molecule has 0 bridgehead atoms. The molecule has 4 atom stereocenters. The van der Waals surface area contributed by atoms with E-state index in [1.54, 1.807) is 6.20 Å². The first-order chi connectivity index (χ1) is 15.7. The maximum absolute atomic E-state index is 14.6. The first-order valence-corrected chi connectivity index (χ1v) is 15.4. The van der Waals surface area contributed by atoms with Gasteiger partial charge in [-0.2, -0.15) is 0 Å². The topological polar surface area (TPSA) is 45.2 Å². The molecule has 1 aliphatic heterocycles. The number of aromatic nitrogens is 1. The minimum atomic E-state index is -1.30. The van der Waals surface area contributed by atoms with E-state index < -0.39 is 1.23 Å².